The quantitative estimate of drug-likeness (QED) is 0.197. The topological polar surface area (TPSA) is 50.7 Å². The number of methoxy groups -OCH3 is 1. The van der Waals surface area contributed by atoms with Crippen molar-refractivity contribution in [1.82, 2.24) is 5.32 Å². The van der Waals surface area contributed by atoms with Crippen molar-refractivity contribution in [2.75, 3.05) is 13.7 Å². The Kier molecular flexibility index (Phi) is 11.3. The van der Waals surface area contributed by atoms with Crippen LogP contribution < -0.4 is 10.1 Å². The number of allylic oxidation sites excluding steroid dienone is 4. The van der Waals surface area contributed by atoms with Crippen molar-refractivity contribution in [2.24, 2.45) is 23.7 Å². The number of benzene rings is 1. The molecule has 0 saturated heterocycles. The van der Waals surface area contributed by atoms with E-state index in [4.69, 9.17) is 9.16 Å². The van der Waals surface area contributed by atoms with Gasteiger partial charge in [0.1, 0.15) is 5.75 Å². The zero-order valence-corrected chi connectivity index (χ0v) is 26.4. The summed E-state index contributed by atoms with van der Waals surface area (Å²) in [7, 11) is -0.239. The average molecular weight is 542 g/mol. The molecule has 0 aliphatic heterocycles. The van der Waals surface area contributed by atoms with Crippen LogP contribution in [0.3, 0.4) is 0 Å². The van der Waals surface area contributed by atoms with Crippen molar-refractivity contribution in [3.8, 4) is 5.75 Å². The van der Waals surface area contributed by atoms with Gasteiger partial charge in [-0.05, 0) is 110 Å². The summed E-state index contributed by atoms with van der Waals surface area (Å²) in [5, 5.41) is 15.0. The van der Waals surface area contributed by atoms with Gasteiger partial charge in [-0.3, -0.25) is 0 Å². The highest BCUT2D eigenvalue weighted by Gasteiger charge is 2.39. The Morgan fingerprint density at radius 1 is 1.08 bits per heavy atom. The molecule has 1 aromatic rings. The van der Waals surface area contributed by atoms with E-state index in [0.29, 0.717) is 23.7 Å². The maximum atomic E-state index is 11.2. The van der Waals surface area contributed by atoms with Crippen molar-refractivity contribution in [3.63, 3.8) is 0 Å². The van der Waals surface area contributed by atoms with E-state index in [9.17, 15) is 5.11 Å². The van der Waals surface area contributed by atoms with E-state index < -0.39 is 8.32 Å². The predicted molar refractivity (Wildman–Crippen MR) is 163 cm³/mol. The summed E-state index contributed by atoms with van der Waals surface area (Å²) < 4.78 is 12.1. The Morgan fingerprint density at radius 2 is 1.79 bits per heavy atom. The van der Waals surface area contributed by atoms with Gasteiger partial charge in [-0.2, -0.15) is 0 Å². The number of aliphatic hydroxyl groups excluding tert-OH is 1. The molecule has 0 aromatic heterocycles. The van der Waals surface area contributed by atoms with Crippen LogP contribution in [0.4, 0.5) is 0 Å². The smallest absolute Gasteiger partial charge is 0.192 e. The predicted octanol–water partition coefficient (Wildman–Crippen LogP) is 7.89. The van der Waals surface area contributed by atoms with Crippen LogP contribution in [0.15, 0.2) is 48.1 Å². The molecule has 38 heavy (non-hydrogen) atoms. The minimum absolute atomic E-state index is 0.0731. The number of ether oxygens (including phenoxy) is 1. The third kappa shape index (κ3) is 8.80. The maximum Gasteiger partial charge on any atom is 0.192 e. The van der Waals surface area contributed by atoms with Crippen LogP contribution in [0.5, 0.6) is 5.75 Å². The normalized spacial score (nSPS) is 25.4. The minimum Gasteiger partial charge on any atom is -0.497 e. The van der Waals surface area contributed by atoms with Gasteiger partial charge < -0.3 is 19.6 Å². The molecule has 0 radical (unpaired) electrons. The minimum atomic E-state index is -1.93. The van der Waals surface area contributed by atoms with Gasteiger partial charge >= 0.3 is 0 Å². The van der Waals surface area contributed by atoms with Crippen LogP contribution >= 0.6 is 0 Å². The number of nitrogens with one attached hydrogen (secondary N) is 1. The largest absolute Gasteiger partial charge is 0.497 e. The molecule has 0 spiro atoms. The van der Waals surface area contributed by atoms with Crippen LogP contribution in [-0.2, 0) is 11.0 Å². The molecular formula is C33H55NO3Si. The second kappa shape index (κ2) is 13.8. The van der Waals surface area contributed by atoms with Crippen LogP contribution in [0.1, 0.15) is 78.7 Å². The Labute approximate surface area is 234 Å². The van der Waals surface area contributed by atoms with Gasteiger partial charge in [-0.1, -0.05) is 65.0 Å². The summed E-state index contributed by atoms with van der Waals surface area (Å²) in [4.78, 5) is 0. The van der Waals surface area contributed by atoms with E-state index in [0.717, 1.165) is 44.5 Å². The number of hydrogen-bond donors (Lipinski definition) is 2. The summed E-state index contributed by atoms with van der Waals surface area (Å²) in [6.07, 6.45) is 13.2. The van der Waals surface area contributed by atoms with Crippen LogP contribution in [0.25, 0.3) is 0 Å². The number of fused-ring (bicyclic) bond motifs is 1. The molecule has 2 aliphatic carbocycles. The highest BCUT2D eigenvalue weighted by molar-refractivity contribution is 6.74. The Morgan fingerprint density at radius 3 is 2.45 bits per heavy atom. The van der Waals surface area contributed by atoms with Gasteiger partial charge in [0, 0.05) is 12.6 Å². The van der Waals surface area contributed by atoms with Gasteiger partial charge in [0.05, 0.1) is 13.2 Å². The molecule has 4 nitrogen and oxygen atoms in total. The molecule has 0 saturated carbocycles. The Hall–Kier alpha value is -1.40. The van der Waals surface area contributed by atoms with Crippen LogP contribution in [-0.4, -0.2) is 39.3 Å². The first-order valence-corrected chi connectivity index (χ1v) is 17.9. The molecule has 0 bridgehead atoms. The first-order valence-electron chi connectivity index (χ1n) is 15.0. The van der Waals surface area contributed by atoms with Gasteiger partial charge in [0.25, 0.3) is 0 Å². The third-order valence-corrected chi connectivity index (χ3v) is 13.9. The molecule has 1 aromatic carbocycles. The molecule has 3 rings (SSSR count). The lowest BCUT2D eigenvalue weighted by molar-refractivity contribution is 0.0684. The molecular weight excluding hydrogens is 486 g/mol. The van der Waals surface area contributed by atoms with E-state index in [1.807, 2.05) is 12.1 Å². The molecule has 6 atom stereocenters. The van der Waals surface area contributed by atoms with Crippen molar-refractivity contribution in [2.45, 2.75) is 110 Å². The first-order chi connectivity index (χ1) is 17.9. The average Bonchev–Trinajstić information content (AvgIpc) is 2.85. The van der Waals surface area contributed by atoms with Crippen molar-refractivity contribution < 1.29 is 14.3 Å². The molecule has 6 unspecified atom stereocenters. The lowest BCUT2D eigenvalue weighted by Crippen LogP contribution is -2.45. The van der Waals surface area contributed by atoms with Gasteiger partial charge in [0.2, 0.25) is 0 Å². The summed E-state index contributed by atoms with van der Waals surface area (Å²) in [6.45, 7) is 17.9. The zero-order valence-electron chi connectivity index (χ0n) is 25.4. The number of rotatable bonds is 13. The maximum absolute atomic E-state index is 11.2. The Bertz CT molecular complexity index is 917. The van der Waals surface area contributed by atoms with Gasteiger partial charge in [-0.15, -0.1) is 0 Å². The highest BCUT2D eigenvalue weighted by Crippen LogP contribution is 2.44. The molecule has 5 heteroatoms. The SMILES string of the molecule is COc1ccc(CNCCC(CC(O)CCC2C(C)C=CC3=CC(C)CCC32)O[Si](C)(C)C(C)(C)C)cc1. The second-order valence-corrected chi connectivity index (χ2v) is 18.2. The Balaban J connectivity index is 1.55. The summed E-state index contributed by atoms with van der Waals surface area (Å²) in [6, 6.07) is 8.22. The fraction of sp³-hybridized carbons (Fsp3) is 0.697. The summed E-state index contributed by atoms with van der Waals surface area (Å²) >= 11 is 0. The molecule has 0 heterocycles. The van der Waals surface area contributed by atoms with Crippen molar-refractivity contribution >= 4 is 8.32 Å². The van der Waals surface area contributed by atoms with E-state index in [1.165, 1.54) is 18.4 Å². The van der Waals surface area contributed by atoms with Crippen LogP contribution in [0.2, 0.25) is 18.1 Å². The summed E-state index contributed by atoms with van der Waals surface area (Å²) in [5.74, 6) is 3.46. The lowest BCUT2D eigenvalue weighted by Gasteiger charge is -2.40. The fourth-order valence-corrected chi connectivity index (χ4v) is 7.29. The molecule has 214 valence electrons. The van der Waals surface area contributed by atoms with Gasteiger partial charge in [0.15, 0.2) is 8.32 Å². The second-order valence-electron chi connectivity index (χ2n) is 13.5. The van der Waals surface area contributed by atoms with Crippen molar-refractivity contribution in [1.29, 1.82) is 0 Å². The van der Waals surface area contributed by atoms with E-state index in [-0.39, 0.29) is 17.2 Å². The van der Waals surface area contributed by atoms with Crippen molar-refractivity contribution in [3.05, 3.63) is 53.6 Å². The first kappa shape index (κ1) is 31.1. The number of hydrogen-bond acceptors (Lipinski definition) is 4. The zero-order chi connectivity index (χ0) is 27.9. The highest BCUT2D eigenvalue weighted by atomic mass is 28.4. The standard InChI is InChI=1S/C33H55NO3Si/c1-24-9-17-32-27(21-24)13-10-25(2)31(32)18-14-28(35)22-30(37-38(7,8)33(3,4)5)19-20-34-23-26-11-15-29(36-6)16-12-26/h10-13,15-16,21,24-25,28,30-32,34-35H,9,14,17-20,22-23H2,1-8H3. The van der Waals surface area contributed by atoms with Crippen LogP contribution in [0, 0.1) is 23.7 Å². The monoisotopic (exact) mass is 541 g/mol. The summed E-state index contributed by atoms with van der Waals surface area (Å²) in [5.41, 5.74) is 2.79. The number of aliphatic hydroxyl groups is 1. The molecule has 0 amide bonds. The van der Waals surface area contributed by atoms with E-state index in [1.54, 1.807) is 12.7 Å². The van der Waals surface area contributed by atoms with E-state index in [2.05, 4.69) is 83.4 Å². The molecule has 2 N–H and O–H groups in total. The molecule has 0 fully saturated rings. The lowest BCUT2D eigenvalue weighted by atomic mass is 9.66. The van der Waals surface area contributed by atoms with E-state index >= 15 is 0 Å². The third-order valence-electron chi connectivity index (χ3n) is 9.39. The fourth-order valence-electron chi connectivity index (χ4n) is 5.88. The molecule has 2 aliphatic rings. The van der Waals surface area contributed by atoms with Gasteiger partial charge in [-0.25, -0.2) is 0 Å².